The molecule has 2 radical (unpaired) electrons. The average Bonchev–Trinajstić information content (AvgIpc) is 2.16. The van der Waals surface area contributed by atoms with Gasteiger partial charge in [-0.25, -0.2) is 0 Å². The molecular weight excluding hydrogens is 144 g/mol. The van der Waals surface area contributed by atoms with Crippen molar-refractivity contribution in [3.63, 3.8) is 0 Å². The Morgan fingerprint density at radius 2 is 1.67 bits per heavy atom. The first-order valence-corrected chi connectivity index (χ1v) is 4.76. The van der Waals surface area contributed by atoms with Crippen LogP contribution in [0.3, 0.4) is 0 Å². The van der Waals surface area contributed by atoms with Crippen LogP contribution < -0.4 is 0 Å². The standard InChI is InChI=1S/C12H16/c1-4-10-7-8-11(5-2)12(6-3)9-10/h7H,4-6H2,1-3H3. The molecule has 0 aromatic heterocycles. The molecule has 0 N–H and O–H groups in total. The molecule has 1 aromatic rings. The summed E-state index contributed by atoms with van der Waals surface area (Å²) >= 11 is 0. The molecular formula is C12H16. The first kappa shape index (κ1) is 9.31. The van der Waals surface area contributed by atoms with Gasteiger partial charge in [0.25, 0.3) is 0 Å². The minimum atomic E-state index is 1.06. The van der Waals surface area contributed by atoms with Gasteiger partial charge in [-0.2, -0.15) is 0 Å². The Kier molecular flexibility index (Phi) is 3.33. The highest BCUT2D eigenvalue weighted by Crippen LogP contribution is 2.12. The monoisotopic (exact) mass is 160 g/mol. The summed E-state index contributed by atoms with van der Waals surface area (Å²) in [5.74, 6) is 0. The number of hydrogen-bond acceptors (Lipinski definition) is 0. The van der Waals surface area contributed by atoms with E-state index in [0.717, 1.165) is 19.3 Å². The zero-order valence-corrected chi connectivity index (χ0v) is 8.20. The van der Waals surface area contributed by atoms with Crippen LogP contribution in [-0.4, -0.2) is 0 Å². The smallest absolute Gasteiger partial charge is 0.0111 e. The van der Waals surface area contributed by atoms with Crippen LogP contribution in [0.4, 0.5) is 0 Å². The Morgan fingerprint density at radius 3 is 2.17 bits per heavy atom. The van der Waals surface area contributed by atoms with Gasteiger partial charge in [-0.05, 0) is 48.1 Å². The van der Waals surface area contributed by atoms with Crippen molar-refractivity contribution < 1.29 is 0 Å². The van der Waals surface area contributed by atoms with E-state index in [9.17, 15) is 0 Å². The molecule has 0 atom stereocenters. The van der Waals surface area contributed by atoms with E-state index in [2.05, 4.69) is 39.0 Å². The molecule has 1 rings (SSSR count). The van der Waals surface area contributed by atoms with E-state index in [-0.39, 0.29) is 0 Å². The van der Waals surface area contributed by atoms with Gasteiger partial charge in [-0.1, -0.05) is 26.8 Å². The predicted octanol–water partition coefficient (Wildman–Crippen LogP) is 2.97. The SMILES string of the molecule is CCc1[c]c(CC)c(CC)[c]c1. The van der Waals surface area contributed by atoms with Crippen molar-refractivity contribution >= 4 is 0 Å². The maximum absolute atomic E-state index is 3.43. The van der Waals surface area contributed by atoms with Gasteiger partial charge in [0.1, 0.15) is 0 Å². The first-order valence-electron chi connectivity index (χ1n) is 4.76. The highest BCUT2D eigenvalue weighted by Gasteiger charge is 1.99. The normalized spacial score (nSPS) is 10.2. The third kappa shape index (κ3) is 1.88. The van der Waals surface area contributed by atoms with Gasteiger partial charge < -0.3 is 0 Å². The van der Waals surface area contributed by atoms with Gasteiger partial charge in [0.2, 0.25) is 0 Å². The molecule has 0 saturated carbocycles. The summed E-state index contributed by atoms with van der Waals surface area (Å²) in [7, 11) is 0. The van der Waals surface area contributed by atoms with Crippen LogP contribution in [-0.2, 0) is 19.3 Å². The van der Waals surface area contributed by atoms with Crippen molar-refractivity contribution in [2.75, 3.05) is 0 Å². The maximum Gasteiger partial charge on any atom is -0.0111 e. The topological polar surface area (TPSA) is 0 Å². The summed E-state index contributed by atoms with van der Waals surface area (Å²) in [4.78, 5) is 0. The lowest BCUT2D eigenvalue weighted by molar-refractivity contribution is 1.01. The molecule has 0 fully saturated rings. The van der Waals surface area contributed by atoms with Gasteiger partial charge >= 0.3 is 0 Å². The van der Waals surface area contributed by atoms with Crippen LogP contribution in [0.1, 0.15) is 37.5 Å². The summed E-state index contributed by atoms with van der Waals surface area (Å²) < 4.78 is 0. The molecule has 0 spiro atoms. The molecule has 0 aliphatic rings. The molecule has 0 saturated heterocycles. The minimum Gasteiger partial charge on any atom is -0.0613 e. The lowest BCUT2D eigenvalue weighted by Gasteiger charge is -2.05. The maximum atomic E-state index is 3.43. The number of aryl methyl sites for hydroxylation is 3. The molecule has 0 aliphatic heterocycles. The highest BCUT2D eigenvalue weighted by atomic mass is 14.0. The summed E-state index contributed by atoms with van der Waals surface area (Å²) in [6, 6.07) is 8.83. The van der Waals surface area contributed by atoms with E-state index in [1.165, 1.54) is 16.7 Å². The van der Waals surface area contributed by atoms with E-state index >= 15 is 0 Å². The van der Waals surface area contributed by atoms with Crippen molar-refractivity contribution in [3.8, 4) is 0 Å². The Hall–Kier alpha value is -0.780. The third-order valence-electron chi connectivity index (χ3n) is 2.18. The number of hydrogen-bond donors (Lipinski definition) is 0. The summed E-state index contributed by atoms with van der Waals surface area (Å²) in [5.41, 5.74) is 3.95. The predicted molar refractivity (Wildman–Crippen MR) is 52.2 cm³/mol. The highest BCUT2D eigenvalue weighted by molar-refractivity contribution is 5.29. The second kappa shape index (κ2) is 4.30. The Bertz CT molecular complexity index is 248. The van der Waals surface area contributed by atoms with Crippen LogP contribution in [0, 0.1) is 12.1 Å². The van der Waals surface area contributed by atoms with Crippen LogP contribution in [0.5, 0.6) is 0 Å². The molecule has 1 aromatic carbocycles. The van der Waals surface area contributed by atoms with Crippen molar-refractivity contribution in [1.82, 2.24) is 0 Å². The fourth-order valence-electron chi connectivity index (χ4n) is 1.37. The first-order chi connectivity index (χ1) is 5.81. The summed E-state index contributed by atoms with van der Waals surface area (Å²) in [6.45, 7) is 6.51. The fourth-order valence-corrected chi connectivity index (χ4v) is 1.37. The van der Waals surface area contributed by atoms with Gasteiger partial charge in [-0.3, -0.25) is 0 Å². The third-order valence-corrected chi connectivity index (χ3v) is 2.18. The molecule has 0 nitrogen and oxygen atoms in total. The van der Waals surface area contributed by atoms with Crippen molar-refractivity contribution in [2.24, 2.45) is 0 Å². The Labute approximate surface area is 75.6 Å². The zero-order chi connectivity index (χ0) is 8.97. The minimum absolute atomic E-state index is 1.06. The zero-order valence-electron chi connectivity index (χ0n) is 8.20. The molecule has 0 heteroatoms. The van der Waals surface area contributed by atoms with Crippen LogP contribution in [0.25, 0.3) is 0 Å². The molecule has 0 bridgehead atoms. The summed E-state index contributed by atoms with van der Waals surface area (Å²) in [5, 5.41) is 0. The second-order valence-electron chi connectivity index (χ2n) is 2.96. The van der Waals surface area contributed by atoms with Crippen LogP contribution in [0.15, 0.2) is 6.07 Å². The van der Waals surface area contributed by atoms with Gasteiger partial charge in [0.15, 0.2) is 0 Å². The molecule has 0 unspecified atom stereocenters. The van der Waals surface area contributed by atoms with Crippen LogP contribution in [0.2, 0.25) is 0 Å². The molecule has 0 amide bonds. The van der Waals surface area contributed by atoms with E-state index in [1.807, 2.05) is 0 Å². The van der Waals surface area contributed by atoms with E-state index in [1.54, 1.807) is 0 Å². The van der Waals surface area contributed by atoms with Crippen molar-refractivity contribution in [2.45, 2.75) is 40.0 Å². The number of rotatable bonds is 3. The molecule has 0 aliphatic carbocycles. The molecule has 12 heavy (non-hydrogen) atoms. The van der Waals surface area contributed by atoms with Crippen molar-refractivity contribution in [3.05, 3.63) is 34.9 Å². The lowest BCUT2D eigenvalue weighted by Crippen LogP contribution is -1.93. The Morgan fingerprint density at radius 1 is 1.00 bits per heavy atom. The van der Waals surface area contributed by atoms with E-state index in [0.29, 0.717) is 0 Å². The lowest BCUT2D eigenvalue weighted by atomic mass is 9.99. The Balaban J connectivity index is 3.02. The molecule has 64 valence electrons. The van der Waals surface area contributed by atoms with Crippen LogP contribution >= 0.6 is 0 Å². The average molecular weight is 160 g/mol. The quantitative estimate of drug-likeness (QED) is 0.637. The fraction of sp³-hybridized carbons (Fsp3) is 0.500. The second-order valence-corrected chi connectivity index (χ2v) is 2.96. The van der Waals surface area contributed by atoms with Crippen molar-refractivity contribution in [1.29, 1.82) is 0 Å². The summed E-state index contributed by atoms with van der Waals surface area (Å²) in [6.07, 6.45) is 3.21. The van der Waals surface area contributed by atoms with E-state index < -0.39 is 0 Å². The van der Waals surface area contributed by atoms with Gasteiger partial charge in [0.05, 0.1) is 0 Å². The molecule has 0 heterocycles. The van der Waals surface area contributed by atoms with Gasteiger partial charge in [-0.15, -0.1) is 0 Å². The van der Waals surface area contributed by atoms with E-state index in [4.69, 9.17) is 0 Å². The largest absolute Gasteiger partial charge is 0.0613 e. The van der Waals surface area contributed by atoms with Gasteiger partial charge in [0, 0.05) is 0 Å². The number of benzene rings is 1.